The van der Waals surface area contributed by atoms with Gasteiger partial charge in [-0.2, -0.15) is 0 Å². The summed E-state index contributed by atoms with van der Waals surface area (Å²) in [6, 6.07) is 0.529. The Bertz CT molecular complexity index is 258. The summed E-state index contributed by atoms with van der Waals surface area (Å²) in [6.45, 7) is 5.74. The van der Waals surface area contributed by atoms with Gasteiger partial charge in [0.1, 0.15) is 9.84 Å². The van der Waals surface area contributed by atoms with E-state index in [1.54, 1.807) is 0 Å². The highest BCUT2D eigenvalue weighted by Gasteiger charge is 2.21. The van der Waals surface area contributed by atoms with Crippen LogP contribution in [0.1, 0.15) is 13.3 Å². The van der Waals surface area contributed by atoms with Crippen molar-refractivity contribution >= 4 is 9.84 Å². The standard InChI is InChI=1S/C9H20N2O2S/c1-3-11(6-7-14(2,12)13)9-4-5-10-8-9/h9-10H,3-8H2,1-2H3. The Morgan fingerprint density at radius 3 is 2.64 bits per heavy atom. The summed E-state index contributed by atoms with van der Waals surface area (Å²) in [6.07, 6.45) is 2.44. The van der Waals surface area contributed by atoms with Gasteiger partial charge in [0.05, 0.1) is 5.75 Å². The van der Waals surface area contributed by atoms with Gasteiger partial charge in [-0.05, 0) is 19.5 Å². The number of hydrogen-bond acceptors (Lipinski definition) is 4. The molecule has 1 rings (SSSR count). The molecule has 0 radical (unpaired) electrons. The van der Waals surface area contributed by atoms with Crippen molar-refractivity contribution in [3.8, 4) is 0 Å². The summed E-state index contributed by atoms with van der Waals surface area (Å²) in [5.41, 5.74) is 0. The van der Waals surface area contributed by atoms with Gasteiger partial charge in [-0.25, -0.2) is 8.42 Å². The van der Waals surface area contributed by atoms with Crippen LogP contribution in [0.25, 0.3) is 0 Å². The second-order valence-corrected chi connectivity index (χ2v) is 6.16. The van der Waals surface area contributed by atoms with Crippen LogP contribution in [0.2, 0.25) is 0 Å². The van der Waals surface area contributed by atoms with Gasteiger partial charge in [-0.15, -0.1) is 0 Å². The molecule has 1 aliphatic rings. The average molecular weight is 220 g/mol. The molecule has 1 atom stereocenters. The first-order chi connectivity index (χ1) is 6.53. The van der Waals surface area contributed by atoms with Gasteiger partial charge < -0.3 is 5.32 Å². The molecule has 1 heterocycles. The van der Waals surface area contributed by atoms with E-state index in [0.29, 0.717) is 12.6 Å². The Hall–Kier alpha value is -0.130. The molecular formula is C9H20N2O2S. The van der Waals surface area contributed by atoms with Crippen molar-refractivity contribution in [2.24, 2.45) is 0 Å². The Morgan fingerprint density at radius 2 is 2.21 bits per heavy atom. The third kappa shape index (κ3) is 3.94. The molecule has 0 aromatic rings. The zero-order chi connectivity index (χ0) is 10.6. The van der Waals surface area contributed by atoms with Crippen LogP contribution >= 0.6 is 0 Å². The van der Waals surface area contributed by atoms with E-state index >= 15 is 0 Å². The molecule has 1 fully saturated rings. The highest BCUT2D eigenvalue weighted by Crippen LogP contribution is 2.07. The summed E-state index contributed by atoms with van der Waals surface area (Å²) < 4.78 is 22.0. The first-order valence-electron chi connectivity index (χ1n) is 5.15. The molecule has 0 amide bonds. The lowest BCUT2D eigenvalue weighted by molar-refractivity contribution is 0.232. The number of likely N-dealkylation sites (N-methyl/N-ethyl adjacent to an activating group) is 1. The van der Waals surface area contributed by atoms with Crippen molar-refractivity contribution in [2.45, 2.75) is 19.4 Å². The van der Waals surface area contributed by atoms with E-state index in [1.807, 2.05) is 0 Å². The lowest BCUT2D eigenvalue weighted by Gasteiger charge is -2.26. The smallest absolute Gasteiger partial charge is 0.148 e. The quantitative estimate of drug-likeness (QED) is 0.692. The SMILES string of the molecule is CCN(CCS(C)(=O)=O)C1CCNC1. The number of sulfone groups is 1. The summed E-state index contributed by atoms with van der Waals surface area (Å²) in [7, 11) is -2.82. The molecule has 0 bridgehead atoms. The van der Waals surface area contributed by atoms with Crippen LogP contribution < -0.4 is 5.32 Å². The van der Waals surface area contributed by atoms with Crippen molar-refractivity contribution in [1.29, 1.82) is 0 Å². The molecule has 0 aromatic heterocycles. The Labute approximate surface area is 86.6 Å². The molecule has 84 valence electrons. The van der Waals surface area contributed by atoms with E-state index < -0.39 is 9.84 Å². The molecule has 1 N–H and O–H groups in total. The van der Waals surface area contributed by atoms with Gasteiger partial charge in [0.25, 0.3) is 0 Å². The molecule has 14 heavy (non-hydrogen) atoms. The predicted molar refractivity (Wildman–Crippen MR) is 58.2 cm³/mol. The third-order valence-electron chi connectivity index (χ3n) is 2.71. The minimum absolute atomic E-state index is 0.275. The van der Waals surface area contributed by atoms with Gasteiger partial charge in [-0.3, -0.25) is 4.90 Å². The predicted octanol–water partition coefficient (Wildman–Crippen LogP) is -0.285. The third-order valence-corrected chi connectivity index (χ3v) is 3.63. The lowest BCUT2D eigenvalue weighted by atomic mass is 10.2. The maximum absolute atomic E-state index is 11.0. The number of hydrogen-bond donors (Lipinski definition) is 1. The van der Waals surface area contributed by atoms with E-state index in [9.17, 15) is 8.42 Å². The minimum Gasteiger partial charge on any atom is -0.315 e. The van der Waals surface area contributed by atoms with E-state index in [1.165, 1.54) is 6.26 Å². The van der Waals surface area contributed by atoms with Gasteiger partial charge in [0.2, 0.25) is 0 Å². The summed E-state index contributed by atoms with van der Waals surface area (Å²) in [5.74, 6) is 0.275. The maximum atomic E-state index is 11.0. The fourth-order valence-corrected chi connectivity index (χ4v) is 2.40. The van der Waals surface area contributed by atoms with Gasteiger partial charge in [0.15, 0.2) is 0 Å². The Morgan fingerprint density at radius 1 is 1.50 bits per heavy atom. The molecule has 1 aliphatic heterocycles. The topological polar surface area (TPSA) is 49.4 Å². The summed E-state index contributed by atoms with van der Waals surface area (Å²) in [4.78, 5) is 2.25. The second kappa shape index (κ2) is 5.09. The molecule has 1 unspecified atom stereocenters. The first-order valence-corrected chi connectivity index (χ1v) is 7.21. The molecule has 0 spiro atoms. The normalized spacial score (nSPS) is 23.2. The van der Waals surface area contributed by atoms with Crippen LogP contribution in [-0.2, 0) is 9.84 Å². The van der Waals surface area contributed by atoms with Gasteiger partial charge >= 0.3 is 0 Å². The van der Waals surface area contributed by atoms with Crippen LogP contribution in [0.5, 0.6) is 0 Å². The molecular weight excluding hydrogens is 200 g/mol. The van der Waals surface area contributed by atoms with Crippen molar-refractivity contribution in [3.05, 3.63) is 0 Å². The number of nitrogens with one attached hydrogen (secondary N) is 1. The van der Waals surface area contributed by atoms with Crippen molar-refractivity contribution in [2.75, 3.05) is 38.2 Å². The van der Waals surface area contributed by atoms with Gasteiger partial charge in [0, 0.05) is 25.4 Å². The van der Waals surface area contributed by atoms with Crippen LogP contribution in [0.3, 0.4) is 0 Å². The van der Waals surface area contributed by atoms with Crippen LogP contribution in [0, 0.1) is 0 Å². The highest BCUT2D eigenvalue weighted by atomic mass is 32.2. The summed E-state index contributed by atoms with van der Waals surface area (Å²) in [5, 5.41) is 3.29. The first kappa shape index (κ1) is 11.9. The highest BCUT2D eigenvalue weighted by molar-refractivity contribution is 7.90. The summed E-state index contributed by atoms with van der Waals surface area (Å²) >= 11 is 0. The average Bonchev–Trinajstić information content (AvgIpc) is 2.56. The number of rotatable bonds is 5. The van der Waals surface area contributed by atoms with Crippen molar-refractivity contribution < 1.29 is 8.42 Å². The van der Waals surface area contributed by atoms with E-state index in [2.05, 4.69) is 17.1 Å². The monoisotopic (exact) mass is 220 g/mol. The lowest BCUT2D eigenvalue weighted by Crippen LogP contribution is -2.39. The molecule has 0 saturated carbocycles. The molecule has 1 saturated heterocycles. The molecule has 0 aromatic carbocycles. The molecule has 4 nitrogen and oxygen atoms in total. The zero-order valence-corrected chi connectivity index (χ0v) is 9.81. The van der Waals surface area contributed by atoms with Crippen LogP contribution in [-0.4, -0.2) is 57.5 Å². The zero-order valence-electron chi connectivity index (χ0n) is 8.99. The van der Waals surface area contributed by atoms with Crippen LogP contribution in [0.4, 0.5) is 0 Å². The largest absolute Gasteiger partial charge is 0.315 e. The van der Waals surface area contributed by atoms with E-state index in [-0.39, 0.29) is 5.75 Å². The molecule has 0 aliphatic carbocycles. The second-order valence-electron chi connectivity index (χ2n) is 3.91. The fraction of sp³-hybridized carbons (Fsp3) is 1.00. The van der Waals surface area contributed by atoms with Crippen molar-refractivity contribution in [3.63, 3.8) is 0 Å². The van der Waals surface area contributed by atoms with Gasteiger partial charge in [-0.1, -0.05) is 6.92 Å². The van der Waals surface area contributed by atoms with Crippen LogP contribution in [0.15, 0.2) is 0 Å². The van der Waals surface area contributed by atoms with E-state index in [0.717, 1.165) is 26.1 Å². The Kier molecular flexibility index (Phi) is 4.34. The van der Waals surface area contributed by atoms with E-state index in [4.69, 9.17) is 0 Å². The fourth-order valence-electron chi connectivity index (χ4n) is 1.83. The minimum atomic E-state index is -2.82. The van der Waals surface area contributed by atoms with Crippen molar-refractivity contribution in [1.82, 2.24) is 10.2 Å². The number of nitrogens with zero attached hydrogens (tertiary/aromatic N) is 1. The maximum Gasteiger partial charge on any atom is 0.148 e. The Balaban J connectivity index is 2.38. The molecule has 5 heteroatoms.